The zero-order chi connectivity index (χ0) is 20.1. The molecular weight excluding hydrogens is 501 g/mol. The Hall–Kier alpha value is -2.00. The maximum absolute atomic E-state index is 12.4. The minimum atomic E-state index is -0.0133. The number of nitrogens with two attached hydrogens (primary N) is 1. The van der Waals surface area contributed by atoms with E-state index in [0.717, 1.165) is 29.5 Å². The van der Waals surface area contributed by atoms with Gasteiger partial charge in [-0.15, -0.1) is 24.0 Å². The van der Waals surface area contributed by atoms with E-state index in [0.29, 0.717) is 13.1 Å². The van der Waals surface area contributed by atoms with Crippen molar-refractivity contribution in [3.05, 3.63) is 58.6 Å². The van der Waals surface area contributed by atoms with Gasteiger partial charge in [0.25, 0.3) is 0 Å². The third-order valence-corrected chi connectivity index (χ3v) is 5.24. The third-order valence-electron chi connectivity index (χ3n) is 4.99. The van der Waals surface area contributed by atoms with Gasteiger partial charge >= 0.3 is 0 Å². The Morgan fingerprint density at radius 1 is 1.07 bits per heavy atom. The summed E-state index contributed by atoms with van der Waals surface area (Å²) in [4.78, 5) is 20.7. The molecule has 1 heterocycles. The lowest BCUT2D eigenvalue weighted by atomic mass is 10.1. The number of aryl methyl sites for hydroxylation is 2. The summed E-state index contributed by atoms with van der Waals surface area (Å²) in [7, 11) is 0. The Bertz CT molecular complexity index is 864. The van der Waals surface area contributed by atoms with E-state index in [1.54, 1.807) is 0 Å². The lowest BCUT2D eigenvalue weighted by Gasteiger charge is -2.36. The van der Waals surface area contributed by atoms with Crippen LogP contribution in [-0.2, 0) is 4.79 Å². The topological polar surface area (TPSA) is 74.0 Å². The molecule has 0 atom stereocenters. The first-order valence-electron chi connectivity index (χ1n) is 9.35. The number of carbonyl (C=O) groups is 1. The lowest BCUT2D eigenvalue weighted by Crippen LogP contribution is -2.49. The maximum Gasteiger partial charge on any atom is 0.244 e. The van der Waals surface area contributed by atoms with Crippen LogP contribution in [0.1, 0.15) is 11.1 Å². The summed E-state index contributed by atoms with van der Waals surface area (Å²) in [5, 5.41) is 3.76. The number of benzene rings is 2. The van der Waals surface area contributed by atoms with E-state index in [9.17, 15) is 4.79 Å². The Kier molecular flexibility index (Phi) is 8.58. The van der Waals surface area contributed by atoms with Crippen molar-refractivity contribution in [2.75, 3.05) is 42.9 Å². The number of guanidine groups is 1. The highest BCUT2D eigenvalue weighted by Crippen LogP contribution is 2.19. The molecule has 2 aromatic rings. The summed E-state index contributed by atoms with van der Waals surface area (Å²) in [5.41, 5.74) is 10.3. The number of hydrogen-bond acceptors (Lipinski definition) is 3. The van der Waals surface area contributed by atoms with Crippen molar-refractivity contribution in [1.82, 2.24) is 4.90 Å². The predicted octanol–water partition coefficient (Wildman–Crippen LogP) is 3.65. The van der Waals surface area contributed by atoms with Crippen LogP contribution in [0.5, 0.6) is 0 Å². The minimum absolute atomic E-state index is 0. The highest BCUT2D eigenvalue weighted by atomic mass is 127. The molecule has 0 aromatic heterocycles. The fourth-order valence-corrected chi connectivity index (χ4v) is 3.25. The van der Waals surface area contributed by atoms with Crippen LogP contribution < -0.4 is 16.0 Å². The normalized spacial score (nSPS) is 14.4. The van der Waals surface area contributed by atoms with E-state index >= 15 is 0 Å². The molecule has 3 rings (SSSR count). The number of hydrogen-bond donors (Lipinski definition) is 2. The van der Waals surface area contributed by atoms with E-state index in [4.69, 9.17) is 17.3 Å². The zero-order valence-corrected chi connectivity index (χ0v) is 19.8. The van der Waals surface area contributed by atoms with Gasteiger partial charge in [-0.2, -0.15) is 0 Å². The van der Waals surface area contributed by atoms with Crippen LogP contribution in [-0.4, -0.2) is 49.5 Å². The molecule has 0 bridgehead atoms. The molecule has 2 aromatic carbocycles. The average molecular weight is 528 g/mol. The van der Waals surface area contributed by atoms with Gasteiger partial charge in [-0.05, 0) is 61.4 Å². The van der Waals surface area contributed by atoms with Crippen molar-refractivity contribution < 1.29 is 4.79 Å². The molecule has 1 aliphatic heterocycles. The molecular formula is C21H27ClIN5O. The van der Waals surface area contributed by atoms with Crippen molar-refractivity contribution in [1.29, 1.82) is 0 Å². The summed E-state index contributed by atoms with van der Waals surface area (Å²) in [6, 6.07) is 13.8. The van der Waals surface area contributed by atoms with Crippen LogP contribution in [0.4, 0.5) is 11.4 Å². The molecule has 1 saturated heterocycles. The molecule has 0 unspecified atom stereocenters. The highest BCUT2D eigenvalue weighted by Gasteiger charge is 2.21. The van der Waals surface area contributed by atoms with E-state index in [2.05, 4.69) is 22.1 Å². The number of rotatable bonds is 4. The molecule has 0 spiro atoms. The van der Waals surface area contributed by atoms with Gasteiger partial charge < -0.3 is 20.9 Å². The van der Waals surface area contributed by atoms with Gasteiger partial charge in [0, 0.05) is 42.6 Å². The second kappa shape index (κ2) is 10.7. The van der Waals surface area contributed by atoms with Crippen molar-refractivity contribution in [3.8, 4) is 0 Å². The van der Waals surface area contributed by atoms with Gasteiger partial charge in [0.15, 0.2) is 5.96 Å². The van der Waals surface area contributed by atoms with Crippen molar-refractivity contribution >= 4 is 58.8 Å². The van der Waals surface area contributed by atoms with Crippen LogP contribution in [0.15, 0.2) is 47.5 Å². The minimum Gasteiger partial charge on any atom is -0.370 e. The van der Waals surface area contributed by atoms with E-state index in [1.165, 1.54) is 11.1 Å². The fourth-order valence-electron chi connectivity index (χ4n) is 3.13. The third kappa shape index (κ3) is 6.50. The smallest absolute Gasteiger partial charge is 0.244 e. The second-order valence-electron chi connectivity index (χ2n) is 6.97. The van der Waals surface area contributed by atoms with Crippen molar-refractivity contribution in [2.45, 2.75) is 13.8 Å². The van der Waals surface area contributed by atoms with Crippen molar-refractivity contribution in [3.63, 3.8) is 0 Å². The molecule has 156 valence electrons. The standard InChI is InChI=1S/C21H26ClN5O.HI/c1-15-3-6-18(13-16(15)2)25-21(23)24-14-20(28)27-11-9-26(10-12-27)19-7-4-17(22)5-8-19;/h3-8,13H,9-12,14H2,1-2H3,(H3,23,24,25);1H. The number of carbonyl (C=O) groups excluding carboxylic acids is 1. The number of nitrogens with zero attached hydrogens (tertiary/aromatic N) is 3. The number of anilines is 2. The Morgan fingerprint density at radius 3 is 2.34 bits per heavy atom. The molecule has 0 aliphatic carbocycles. The summed E-state index contributed by atoms with van der Waals surface area (Å²) in [5.74, 6) is 0.233. The quantitative estimate of drug-likeness (QED) is 0.362. The number of amides is 1. The summed E-state index contributed by atoms with van der Waals surface area (Å²) < 4.78 is 0. The summed E-state index contributed by atoms with van der Waals surface area (Å²) >= 11 is 5.94. The van der Waals surface area contributed by atoms with Crippen molar-refractivity contribution in [2.24, 2.45) is 10.7 Å². The second-order valence-corrected chi connectivity index (χ2v) is 7.41. The fraction of sp³-hybridized carbons (Fsp3) is 0.333. The molecule has 8 heteroatoms. The Morgan fingerprint density at radius 2 is 1.72 bits per heavy atom. The van der Waals surface area contributed by atoms with Gasteiger partial charge in [0.05, 0.1) is 0 Å². The summed E-state index contributed by atoms with van der Waals surface area (Å²) in [6.45, 7) is 7.05. The number of piperazine rings is 1. The number of halogens is 2. The highest BCUT2D eigenvalue weighted by molar-refractivity contribution is 14.0. The van der Waals surface area contributed by atoms with E-state index in [1.807, 2.05) is 54.3 Å². The Balaban J connectivity index is 0.00000300. The van der Waals surface area contributed by atoms with Crippen LogP contribution >= 0.6 is 35.6 Å². The van der Waals surface area contributed by atoms with Crippen LogP contribution in [0.3, 0.4) is 0 Å². The first-order valence-corrected chi connectivity index (χ1v) is 9.72. The molecule has 3 N–H and O–H groups in total. The molecule has 0 radical (unpaired) electrons. The zero-order valence-electron chi connectivity index (χ0n) is 16.7. The SMILES string of the molecule is Cc1ccc(NC(N)=NCC(=O)N2CCN(c3ccc(Cl)cc3)CC2)cc1C.I. The average Bonchev–Trinajstić information content (AvgIpc) is 2.70. The Labute approximate surface area is 194 Å². The predicted molar refractivity (Wildman–Crippen MR) is 132 cm³/mol. The lowest BCUT2D eigenvalue weighted by molar-refractivity contribution is -0.129. The monoisotopic (exact) mass is 527 g/mol. The molecule has 1 fully saturated rings. The van der Waals surface area contributed by atoms with Crippen LogP contribution in [0.25, 0.3) is 0 Å². The molecule has 6 nitrogen and oxygen atoms in total. The number of aliphatic imine (C=N–C) groups is 1. The maximum atomic E-state index is 12.4. The van der Waals surface area contributed by atoms with Gasteiger partial charge in [0.2, 0.25) is 5.91 Å². The number of nitrogens with one attached hydrogen (secondary N) is 1. The molecule has 29 heavy (non-hydrogen) atoms. The first kappa shape index (κ1) is 23.3. The van der Waals surface area contributed by atoms with Crippen LogP contribution in [0, 0.1) is 13.8 Å². The van der Waals surface area contributed by atoms with E-state index < -0.39 is 0 Å². The van der Waals surface area contributed by atoms with Gasteiger partial charge in [-0.1, -0.05) is 17.7 Å². The van der Waals surface area contributed by atoms with Gasteiger partial charge in [-0.25, -0.2) is 4.99 Å². The molecule has 0 saturated carbocycles. The van der Waals surface area contributed by atoms with E-state index in [-0.39, 0.29) is 42.4 Å². The summed E-state index contributed by atoms with van der Waals surface area (Å²) in [6.07, 6.45) is 0. The van der Waals surface area contributed by atoms with Crippen LogP contribution in [0.2, 0.25) is 5.02 Å². The molecule has 1 amide bonds. The first-order chi connectivity index (χ1) is 13.4. The molecule has 1 aliphatic rings. The van der Waals surface area contributed by atoms with Gasteiger partial charge in [-0.3, -0.25) is 4.79 Å². The van der Waals surface area contributed by atoms with Gasteiger partial charge in [0.1, 0.15) is 6.54 Å². The largest absolute Gasteiger partial charge is 0.370 e.